The number of alkyl carbamates (subject to hydrolysis) is 1. The van der Waals surface area contributed by atoms with Gasteiger partial charge in [-0.05, 0) is 50.8 Å². The Labute approximate surface area is 249 Å². The van der Waals surface area contributed by atoms with Crippen molar-refractivity contribution in [2.45, 2.75) is 83.5 Å². The molecule has 8 nitrogen and oxygen atoms in total. The molecule has 0 radical (unpaired) electrons. The van der Waals surface area contributed by atoms with Crippen LogP contribution in [-0.2, 0) is 15.7 Å². The summed E-state index contributed by atoms with van der Waals surface area (Å²) in [5, 5.41) is 21.6. The molecule has 0 saturated heterocycles. The second-order valence-corrected chi connectivity index (χ2v) is 14.7. The highest BCUT2D eigenvalue weighted by Crippen LogP contribution is 2.49. The van der Waals surface area contributed by atoms with Crippen molar-refractivity contribution in [2.75, 3.05) is 0 Å². The standard InChI is InChI=1S/C33H37N5O3S/c1-30(2,3)25-16-26-34-17-21-15-23(24-9-8-14-42-24)27(35-28(21)38(26)37-25)20-10-12-22(13-11-20)33(18-32(7,40)19-33)36-29(39)41-31(4,5)6/h8-17,40H,18-19H2,1-7H3,(H,36,39)/t32-,33-. The summed E-state index contributed by atoms with van der Waals surface area (Å²) in [5.41, 5.74) is 3.85. The third-order valence-electron chi connectivity index (χ3n) is 7.63. The molecule has 1 amide bonds. The van der Waals surface area contributed by atoms with Gasteiger partial charge < -0.3 is 15.2 Å². The zero-order valence-corrected chi connectivity index (χ0v) is 26.0. The average Bonchev–Trinajstić information content (AvgIpc) is 3.56. The predicted octanol–water partition coefficient (Wildman–Crippen LogP) is 7.24. The number of carbonyl (C=O) groups excluding carboxylic acids is 1. The van der Waals surface area contributed by atoms with Gasteiger partial charge in [-0.3, -0.25) is 0 Å². The molecule has 1 saturated carbocycles. The lowest BCUT2D eigenvalue weighted by atomic mass is 9.62. The number of aromatic nitrogens is 4. The third kappa shape index (κ3) is 5.27. The van der Waals surface area contributed by atoms with Gasteiger partial charge in [0.2, 0.25) is 0 Å². The number of carbonyl (C=O) groups is 1. The lowest BCUT2D eigenvalue weighted by molar-refractivity contribution is -0.0892. The molecule has 4 aromatic heterocycles. The first-order valence-electron chi connectivity index (χ1n) is 14.2. The highest BCUT2D eigenvalue weighted by Gasteiger charge is 2.53. The van der Waals surface area contributed by atoms with Gasteiger partial charge in [0.25, 0.3) is 0 Å². The van der Waals surface area contributed by atoms with Crippen LogP contribution in [-0.4, -0.2) is 42.0 Å². The molecule has 9 heteroatoms. The maximum atomic E-state index is 12.8. The number of nitrogens with zero attached hydrogens (tertiary/aromatic N) is 4. The lowest BCUT2D eigenvalue weighted by Crippen LogP contribution is -2.62. The maximum Gasteiger partial charge on any atom is 0.408 e. The Morgan fingerprint density at radius 2 is 1.79 bits per heavy atom. The number of fused-ring (bicyclic) bond motifs is 3. The molecule has 6 rings (SSSR count). The Balaban J connectivity index is 1.44. The molecule has 4 heterocycles. The highest BCUT2D eigenvalue weighted by molar-refractivity contribution is 7.13. The number of amides is 1. The fourth-order valence-electron chi connectivity index (χ4n) is 5.80. The van der Waals surface area contributed by atoms with Crippen molar-refractivity contribution in [1.82, 2.24) is 24.9 Å². The fourth-order valence-corrected chi connectivity index (χ4v) is 6.55. The average molecular weight is 584 g/mol. The first-order valence-corrected chi connectivity index (χ1v) is 15.1. The van der Waals surface area contributed by atoms with Crippen molar-refractivity contribution < 1.29 is 14.6 Å². The number of ether oxygens (including phenoxy) is 1. The predicted molar refractivity (Wildman–Crippen MR) is 167 cm³/mol. The van der Waals surface area contributed by atoms with Gasteiger partial charge in [0.15, 0.2) is 11.3 Å². The molecule has 2 N–H and O–H groups in total. The molecule has 42 heavy (non-hydrogen) atoms. The van der Waals surface area contributed by atoms with Gasteiger partial charge >= 0.3 is 6.09 Å². The summed E-state index contributed by atoms with van der Waals surface area (Å²) in [7, 11) is 0. The van der Waals surface area contributed by atoms with E-state index in [4.69, 9.17) is 14.8 Å². The van der Waals surface area contributed by atoms with Crippen LogP contribution < -0.4 is 5.32 Å². The Hall–Kier alpha value is -3.82. The summed E-state index contributed by atoms with van der Waals surface area (Å²) in [4.78, 5) is 23.8. The number of thiophene rings is 1. The Morgan fingerprint density at radius 3 is 2.38 bits per heavy atom. The van der Waals surface area contributed by atoms with Crippen LogP contribution in [0.2, 0.25) is 0 Å². The van der Waals surface area contributed by atoms with Crippen molar-refractivity contribution in [1.29, 1.82) is 0 Å². The summed E-state index contributed by atoms with van der Waals surface area (Å²) in [6, 6.07) is 16.4. The van der Waals surface area contributed by atoms with Gasteiger partial charge in [-0.15, -0.1) is 11.3 Å². The second-order valence-electron chi connectivity index (χ2n) is 13.7. The summed E-state index contributed by atoms with van der Waals surface area (Å²) in [6.07, 6.45) is 2.16. The number of benzene rings is 1. The molecule has 5 aromatic rings. The van der Waals surface area contributed by atoms with Crippen LogP contribution in [0.1, 0.15) is 72.6 Å². The van der Waals surface area contributed by atoms with Crippen molar-refractivity contribution >= 4 is 34.1 Å². The number of hydrogen-bond donors (Lipinski definition) is 2. The number of aliphatic hydroxyl groups is 1. The summed E-state index contributed by atoms with van der Waals surface area (Å²) in [6.45, 7) is 13.7. The lowest BCUT2D eigenvalue weighted by Gasteiger charge is -2.52. The van der Waals surface area contributed by atoms with Crippen molar-refractivity contribution in [3.05, 3.63) is 71.4 Å². The van der Waals surface area contributed by atoms with Crippen LogP contribution in [0, 0.1) is 0 Å². The second kappa shape index (κ2) is 9.61. The molecular formula is C33H37N5O3S. The van der Waals surface area contributed by atoms with Crippen LogP contribution in [0.5, 0.6) is 0 Å². The third-order valence-corrected chi connectivity index (χ3v) is 8.53. The van der Waals surface area contributed by atoms with E-state index in [1.165, 1.54) is 0 Å². The minimum Gasteiger partial charge on any atom is -0.444 e. The van der Waals surface area contributed by atoms with Crippen LogP contribution in [0.4, 0.5) is 4.79 Å². The van der Waals surface area contributed by atoms with Gasteiger partial charge in [-0.2, -0.15) is 9.61 Å². The van der Waals surface area contributed by atoms with Crippen LogP contribution >= 0.6 is 11.3 Å². The smallest absolute Gasteiger partial charge is 0.408 e. The van der Waals surface area contributed by atoms with Crippen LogP contribution in [0.25, 0.3) is 38.4 Å². The first kappa shape index (κ1) is 28.3. The minimum absolute atomic E-state index is 0.120. The zero-order chi connectivity index (χ0) is 30.1. The van der Waals surface area contributed by atoms with E-state index in [0.717, 1.165) is 49.6 Å². The molecule has 0 unspecified atom stereocenters. The minimum atomic E-state index is -0.866. The Bertz CT molecular complexity index is 1780. The van der Waals surface area contributed by atoms with Gasteiger partial charge in [-0.25, -0.2) is 14.8 Å². The van der Waals surface area contributed by atoms with E-state index >= 15 is 0 Å². The fraction of sp³-hybridized carbons (Fsp3) is 0.394. The molecule has 0 spiro atoms. The topological polar surface area (TPSA) is 102 Å². The Morgan fingerprint density at radius 1 is 1.07 bits per heavy atom. The van der Waals surface area contributed by atoms with Gasteiger partial charge in [0.1, 0.15) is 5.60 Å². The number of nitrogens with one attached hydrogen (secondary N) is 1. The zero-order valence-electron chi connectivity index (χ0n) is 25.1. The quantitative estimate of drug-likeness (QED) is 0.231. The summed E-state index contributed by atoms with van der Waals surface area (Å²) < 4.78 is 7.39. The number of rotatable bonds is 4. The monoisotopic (exact) mass is 583 g/mol. The summed E-state index contributed by atoms with van der Waals surface area (Å²) >= 11 is 1.66. The molecular weight excluding hydrogens is 546 g/mol. The SMILES string of the molecule is CC(C)(C)OC(=O)N[C@]1(c2ccc(-c3nc4c(cnc5cc(C(C)(C)C)nn54)cc3-c3cccs3)cc2)C[C@@](C)(O)C1. The largest absolute Gasteiger partial charge is 0.444 e. The first-order chi connectivity index (χ1) is 19.6. The normalized spacial score (nSPS) is 21.0. The number of pyridine rings is 1. The van der Waals surface area contributed by atoms with E-state index in [1.807, 2.05) is 67.9 Å². The van der Waals surface area contributed by atoms with Crippen molar-refractivity contribution in [2.24, 2.45) is 0 Å². The molecule has 1 aliphatic carbocycles. The van der Waals surface area contributed by atoms with E-state index in [0.29, 0.717) is 12.8 Å². The van der Waals surface area contributed by atoms with Gasteiger partial charge in [-0.1, -0.05) is 51.1 Å². The van der Waals surface area contributed by atoms with E-state index in [-0.39, 0.29) is 5.41 Å². The molecule has 1 aromatic carbocycles. The van der Waals surface area contributed by atoms with Gasteiger partial charge in [0.05, 0.1) is 22.5 Å². The van der Waals surface area contributed by atoms with Gasteiger partial charge in [0, 0.05) is 51.9 Å². The van der Waals surface area contributed by atoms with E-state index in [9.17, 15) is 9.90 Å². The number of hydrogen-bond acceptors (Lipinski definition) is 7. The molecule has 0 bridgehead atoms. The summed E-state index contributed by atoms with van der Waals surface area (Å²) in [5.74, 6) is 0. The van der Waals surface area contributed by atoms with E-state index < -0.39 is 22.8 Å². The van der Waals surface area contributed by atoms with Crippen LogP contribution in [0.3, 0.4) is 0 Å². The molecule has 0 aliphatic heterocycles. The molecule has 1 aliphatic rings. The Kier molecular flexibility index (Phi) is 6.47. The van der Waals surface area contributed by atoms with E-state index in [2.05, 4.69) is 48.6 Å². The molecule has 1 fully saturated rings. The maximum absolute atomic E-state index is 12.8. The molecule has 0 atom stereocenters. The van der Waals surface area contributed by atoms with Crippen molar-refractivity contribution in [3.8, 4) is 21.7 Å². The van der Waals surface area contributed by atoms with Crippen molar-refractivity contribution in [3.63, 3.8) is 0 Å². The van der Waals surface area contributed by atoms with E-state index in [1.54, 1.807) is 18.3 Å². The van der Waals surface area contributed by atoms with Crippen LogP contribution in [0.15, 0.2) is 60.1 Å². The molecule has 218 valence electrons. The highest BCUT2D eigenvalue weighted by atomic mass is 32.1.